The van der Waals surface area contributed by atoms with Crippen molar-refractivity contribution in [1.82, 2.24) is 16.1 Å². The largest absolute Gasteiger partial charge is 2.00 e. The monoisotopic (exact) mass is 395 g/mol. The fraction of sp³-hybridized carbons (Fsp3) is 0. The number of carboxylic acids is 2. The van der Waals surface area contributed by atoms with Crippen molar-refractivity contribution in [2.75, 3.05) is 0 Å². The Balaban J connectivity index is -0.000000161. The number of quaternary nitrogens is 1. The van der Waals surface area contributed by atoms with Gasteiger partial charge in [-0.1, -0.05) is 0 Å². The molecule has 0 bridgehead atoms. The molecule has 0 aliphatic rings. The molecule has 0 spiro atoms. The molecule has 1 radical (unpaired) electrons. The number of carbonyl (C=O) groups excluding carboxylic acids is 2. The Bertz CT molecular complexity index is 701. The topological polar surface area (TPSA) is 247 Å². The third-order valence-corrected chi connectivity index (χ3v) is 2.20. The van der Waals surface area contributed by atoms with Crippen molar-refractivity contribution < 1.29 is 49.3 Å². The minimum absolute atomic E-state index is 0. The summed E-state index contributed by atoms with van der Waals surface area (Å²) in [7, 11) is 0. The number of rotatable bonds is 2. The molecule has 0 saturated heterocycles. The van der Waals surface area contributed by atoms with Crippen LogP contribution < -0.4 is 16.4 Å². The van der Waals surface area contributed by atoms with Gasteiger partial charge in [-0.25, -0.2) is 0 Å². The minimum Gasteiger partial charge on any atom is -2.00 e. The average molecular weight is 395 g/mol. The predicted molar refractivity (Wildman–Crippen MR) is 73.9 cm³/mol. The zero-order valence-corrected chi connectivity index (χ0v) is 14.5. The van der Waals surface area contributed by atoms with E-state index in [1.165, 1.54) is 36.7 Å². The number of nitriles is 2. The fourth-order valence-corrected chi connectivity index (χ4v) is 1.16. The maximum atomic E-state index is 10.1. The van der Waals surface area contributed by atoms with E-state index in [0.717, 1.165) is 0 Å². The first kappa shape index (κ1) is 30.6. The number of carbonyl (C=O) groups is 2. The van der Waals surface area contributed by atoms with E-state index in [-0.39, 0.29) is 47.0 Å². The molecule has 0 aliphatic heterocycles. The first-order chi connectivity index (χ1) is 10.5. The summed E-state index contributed by atoms with van der Waals surface area (Å²) < 4.78 is 0. The van der Waals surface area contributed by atoms with Gasteiger partial charge in [-0.2, -0.15) is 10.5 Å². The zero-order chi connectivity index (χ0) is 16.5. The SMILES string of the molecule is N#Cc1ccc(C(=O)[O-])nc1.N#Cc1ccc(C(=O)[O-])nc1.[NH4+].[O-2].[O-2].[V]. The van der Waals surface area contributed by atoms with E-state index in [1.807, 2.05) is 12.1 Å². The quantitative estimate of drug-likeness (QED) is 0.642. The van der Waals surface area contributed by atoms with E-state index in [4.69, 9.17) is 10.5 Å². The summed E-state index contributed by atoms with van der Waals surface area (Å²) in [6, 6.07) is 8.84. The Morgan fingerprint density at radius 2 is 1.12 bits per heavy atom. The van der Waals surface area contributed by atoms with Gasteiger partial charge >= 0.3 is 0 Å². The molecule has 2 rings (SSSR count). The Kier molecular flexibility index (Phi) is 17.9. The standard InChI is InChI=1S/2C7H4N2O2.H3N.2O.V/c2*8-3-5-1-2-6(7(10)11)9-4-5;;;;/h2*1-2,4H,(H,10,11);1H3;;;/q;;;2*-2;/p-1. The van der Waals surface area contributed by atoms with Crippen LogP contribution in [0.4, 0.5) is 0 Å². The maximum absolute atomic E-state index is 10.1. The number of pyridine rings is 2. The van der Waals surface area contributed by atoms with Gasteiger partial charge in [0.25, 0.3) is 0 Å². The molecule has 26 heavy (non-hydrogen) atoms. The van der Waals surface area contributed by atoms with Crippen molar-refractivity contribution in [3.63, 3.8) is 0 Å². The van der Waals surface area contributed by atoms with Gasteiger partial charge in [0.05, 0.1) is 34.5 Å². The van der Waals surface area contributed by atoms with Gasteiger partial charge in [-0.15, -0.1) is 0 Å². The Hall–Kier alpha value is -3.32. The van der Waals surface area contributed by atoms with Crippen LogP contribution in [0.5, 0.6) is 0 Å². The van der Waals surface area contributed by atoms with E-state index in [1.54, 1.807) is 0 Å². The van der Waals surface area contributed by atoms with Crippen molar-refractivity contribution in [1.29, 1.82) is 10.5 Å². The first-order valence-electron chi connectivity index (χ1n) is 5.63. The third-order valence-electron chi connectivity index (χ3n) is 2.20. The Morgan fingerprint density at radius 3 is 1.27 bits per heavy atom. The molecule has 0 atom stereocenters. The number of hydrogen-bond donors (Lipinski definition) is 1. The number of aromatic nitrogens is 2. The molecule has 137 valence electrons. The molecule has 2 heterocycles. The van der Waals surface area contributed by atoms with Crippen LogP contribution in [0.25, 0.3) is 0 Å². The second-order valence-electron chi connectivity index (χ2n) is 3.66. The molecule has 2 aromatic rings. The van der Waals surface area contributed by atoms with E-state index in [0.29, 0.717) is 11.1 Å². The van der Waals surface area contributed by atoms with E-state index < -0.39 is 11.9 Å². The number of carboxylic acid groups (broad SMARTS) is 2. The van der Waals surface area contributed by atoms with Gasteiger partial charge in [0.2, 0.25) is 0 Å². The predicted octanol–water partition coefficient (Wildman–Crippen LogP) is -1.23. The van der Waals surface area contributed by atoms with Crippen molar-refractivity contribution in [3.8, 4) is 12.1 Å². The van der Waals surface area contributed by atoms with Gasteiger partial charge in [-0.05, 0) is 24.3 Å². The van der Waals surface area contributed by atoms with Gasteiger partial charge in [0.1, 0.15) is 12.1 Å². The van der Waals surface area contributed by atoms with E-state index in [9.17, 15) is 19.8 Å². The normalized spacial score (nSPS) is 7.31. The van der Waals surface area contributed by atoms with Crippen molar-refractivity contribution >= 4 is 11.9 Å². The second-order valence-corrected chi connectivity index (χ2v) is 3.66. The molecule has 0 saturated carbocycles. The molecule has 4 N–H and O–H groups in total. The van der Waals surface area contributed by atoms with Crippen LogP contribution in [0.2, 0.25) is 0 Å². The summed E-state index contributed by atoms with van der Waals surface area (Å²) in [6.45, 7) is 0. The molecular weight excluding hydrogens is 385 g/mol. The van der Waals surface area contributed by atoms with Gasteiger partial charge in [-0.3, -0.25) is 9.97 Å². The Morgan fingerprint density at radius 1 is 0.808 bits per heavy atom. The molecule has 0 amide bonds. The van der Waals surface area contributed by atoms with Gasteiger partial charge in [0.15, 0.2) is 0 Å². The van der Waals surface area contributed by atoms with Crippen LogP contribution in [0.15, 0.2) is 36.7 Å². The number of aromatic carboxylic acids is 2. The molecule has 2 aromatic heterocycles. The molecule has 0 aromatic carbocycles. The van der Waals surface area contributed by atoms with Crippen LogP contribution in [-0.4, -0.2) is 21.9 Å². The van der Waals surface area contributed by atoms with Crippen LogP contribution in [0.3, 0.4) is 0 Å². The summed E-state index contributed by atoms with van der Waals surface area (Å²) in [5.74, 6) is -2.68. The van der Waals surface area contributed by atoms with Crippen LogP contribution >= 0.6 is 0 Å². The van der Waals surface area contributed by atoms with Crippen molar-refractivity contribution in [2.45, 2.75) is 0 Å². The zero-order valence-electron chi connectivity index (χ0n) is 13.1. The van der Waals surface area contributed by atoms with Gasteiger partial charge in [0, 0.05) is 30.9 Å². The third kappa shape index (κ3) is 9.74. The Labute approximate surface area is 159 Å². The summed E-state index contributed by atoms with van der Waals surface area (Å²) >= 11 is 0. The average Bonchev–Trinajstić information content (AvgIpc) is 2.55. The molecule has 12 heteroatoms. The molecule has 0 unspecified atom stereocenters. The molecule has 11 nitrogen and oxygen atoms in total. The minimum atomic E-state index is -1.34. The fourth-order valence-electron chi connectivity index (χ4n) is 1.16. The second kappa shape index (κ2) is 15.2. The maximum Gasteiger partial charge on any atom is 0.101 e. The number of hydrogen-bond acceptors (Lipinski definition) is 8. The summed E-state index contributed by atoms with van der Waals surface area (Å²) in [6.07, 6.45) is 2.37. The van der Waals surface area contributed by atoms with Crippen LogP contribution in [0, 0.1) is 22.7 Å². The smallest absolute Gasteiger partial charge is 0.101 e. The first-order valence-corrected chi connectivity index (χ1v) is 5.63. The summed E-state index contributed by atoms with van der Waals surface area (Å²) in [5, 5.41) is 36.9. The van der Waals surface area contributed by atoms with E-state index >= 15 is 0 Å². The van der Waals surface area contributed by atoms with Crippen LogP contribution in [-0.2, 0) is 29.5 Å². The van der Waals surface area contributed by atoms with Crippen molar-refractivity contribution in [3.05, 3.63) is 59.2 Å². The van der Waals surface area contributed by atoms with E-state index in [2.05, 4.69) is 9.97 Å². The summed E-state index contributed by atoms with van der Waals surface area (Å²) in [4.78, 5) is 27.2. The van der Waals surface area contributed by atoms with Crippen molar-refractivity contribution in [2.24, 2.45) is 0 Å². The summed E-state index contributed by atoms with van der Waals surface area (Å²) in [5.41, 5.74) is 0.331. The number of nitrogens with zero attached hydrogens (tertiary/aromatic N) is 4. The molecule has 0 fully saturated rings. The molecular formula is C14H10N5O6V-5. The molecule has 0 aliphatic carbocycles. The van der Waals surface area contributed by atoms with Crippen LogP contribution in [0.1, 0.15) is 32.1 Å². The van der Waals surface area contributed by atoms with Gasteiger partial charge < -0.3 is 36.9 Å².